The minimum Gasteiger partial charge on any atom is -0.624 e. The van der Waals surface area contributed by atoms with Crippen LogP contribution in [0.3, 0.4) is 0 Å². The van der Waals surface area contributed by atoms with Gasteiger partial charge in [-0.25, -0.2) is 14.4 Å². The third-order valence-electron chi connectivity index (χ3n) is 3.02. The lowest BCUT2D eigenvalue weighted by Crippen LogP contribution is -2.33. The highest BCUT2D eigenvalue weighted by Gasteiger charge is 2.28. The van der Waals surface area contributed by atoms with E-state index in [-0.39, 0.29) is 26.1 Å². The molecule has 1 aromatic carbocycles. The molecule has 1 heterocycles. The number of imide groups is 1. The van der Waals surface area contributed by atoms with Crippen molar-refractivity contribution in [1.29, 1.82) is 0 Å². The molecule has 7 nitrogen and oxygen atoms in total. The Morgan fingerprint density at radius 1 is 1.48 bits per heavy atom. The monoisotopic (exact) mass is 292 g/mol. The molecule has 0 unspecified atom stereocenters. The van der Waals surface area contributed by atoms with Gasteiger partial charge in [0.2, 0.25) is 5.91 Å². The maximum atomic E-state index is 11.7. The highest BCUT2D eigenvalue weighted by Crippen LogP contribution is 2.10. The van der Waals surface area contributed by atoms with Gasteiger partial charge in [-0.15, -0.1) is 0 Å². The zero-order valence-corrected chi connectivity index (χ0v) is 11.7. The Bertz CT molecular complexity index is 553. The summed E-state index contributed by atoms with van der Waals surface area (Å²) in [5.41, 5.74) is 0.707. The fraction of sp³-hybridized carbons (Fsp3) is 0.357. The molecule has 0 N–H and O–H groups in total. The standard InChI is InChI=1S/C14H16N2O5/c1-20-12-4-2-11(3-5-12)10-15(19)7-6-13(17)16-8-9-21-14(16)18/h2-5,10H,6-9H2,1H3/b15-10-. The maximum absolute atomic E-state index is 11.7. The second-order valence-corrected chi connectivity index (χ2v) is 4.45. The van der Waals surface area contributed by atoms with Crippen LogP contribution in [0.1, 0.15) is 12.0 Å². The number of ether oxygens (including phenoxy) is 2. The smallest absolute Gasteiger partial charge is 0.416 e. The number of cyclic esters (lactones) is 1. The summed E-state index contributed by atoms with van der Waals surface area (Å²) in [6.07, 6.45) is 0.705. The number of hydroxylamine groups is 1. The molecule has 0 radical (unpaired) electrons. The summed E-state index contributed by atoms with van der Waals surface area (Å²) < 4.78 is 10.4. The van der Waals surface area contributed by atoms with Gasteiger partial charge < -0.3 is 14.7 Å². The molecule has 1 aromatic rings. The lowest BCUT2D eigenvalue weighted by Gasteiger charge is -2.10. The second kappa shape index (κ2) is 6.74. The summed E-state index contributed by atoms with van der Waals surface area (Å²) in [6, 6.07) is 6.96. The SMILES string of the molecule is COc1ccc(/C=[N+](\[O-])CCC(=O)N2CCOC2=O)cc1. The van der Waals surface area contributed by atoms with Crippen LogP contribution in [0, 0.1) is 5.21 Å². The minimum absolute atomic E-state index is 0.0192. The average molecular weight is 292 g/mol. The largest absolute Gasteiger partial charge is 0.624 e. The summed E-state index contributed by atoms with van der Waals surface area (Å²) in [4.78, 5) is 23.9. The van der Waals surface area contributed by atoms with Crippen molar-refractivity contribution in [2.24, 2.45) is 0 Å². The lowest BCUT2D eigenvalue weighted by molar-refractivity contribution is -0.451. The van der Waals surface area contributed by atoms with Gasteiger partial charge in [0.15, 0.2) is 12.8 Å². The van der Waals surface area contributed by atoms with Gasteiger partial charge in [-0.05, 0) is 24.3 Å². The van der Waals surface area contributed by atoms with Crippen LogP contribution in [0.4, 0.5) is 4.79 Å². The normalized spacial score (nSPS) is 15.0. The van der Waals surface area contributed by atoms with Crippen LogP contribution >= 0.6 is 0 Å². The maximum Gasteiger partial charge on any atom is 0.416 e. The molecule has 0 atom stereocenters. The van der Waals surface area contributed by atoms with Crippen LogP contribution in [0.5, 0.6) is 5.75 Å². The van der Waals surface area contributed by atoms with E-state index in [1.54, 1.807) is 31.4 Å². The Balaban J connectivity index is 1.88. The highest BCUT2D eigenvalue weighted by atomic mass is 16.6. The Kier molecular flexibility index (Phi) is 4.76. The van der Waals surface area contributed by atoms with E-state index >= 15 is 0 Å². The predicted octanol–water partition coefficient (Wildman–Crippen LogP) is 0.993. The van der Waals surface area contributed by atoms with E-state index in [0.717, 1.165) is 4.90 Å². The number of methoxy groups -OCH3 is 1. The first-order valence-corrected chi connectivity index (χ1v) is 6.50. The number of carbonyl (C=O) groups is 2. The average Bonchev–Trinajstić information content (AvgIpc) is 2.92. The molecular weight excluding hydrogens is 276 g/mol. The molecule has 21 heavy (non-hydrogen) atoms. The van der Waals surface area contributed by atoms with Gasteiger partial charge >= 0.3 is 6.09 Å². The molecule has 0 aromatic heterocycles. The first-order chi connectivity index (χ1) is 10.1. The van der Waals surface area contributed by atoms with Crippen molar-refractivity contribution in [3.8, 4) is 5.75 Å². The summed E-state index contributed by atoms with van der Waals surface area (Å²) in [6.45, 7) is 0.441. The van der Waals surface area contributed by atoms with Gasteiger partial charge in [0.25, 0.3) is 0 Å². The van der Waals surface area contributed by atoms with Crippen LogP contribution in [0.25, 0.3) is 0 Å². The van der Waals surface area contributed by atoms with Gasteiger partial charge in [-0.3, -0.25) is 4.79 Å². The number of nitrogens with zero attached hydrogens (tertiary/aromatic N) is 2. The quantitative estimate of drug-likeness (QED) is 0.350. The third-order valence-corrected chi connectivity index (χ3v) is 3.02. The number of rotatable bonds is 5. The van der Waals surface area contributed by atoms with Crippen molar-refractivity contribution < 1.29 is 23.8 Å². The molecule has 1 fully saturated rings. The number of hydrogen-bond acceptors (Lipinski definition) is 5. The number of amides is 2. The van der Waals surface area contributed by atoms with Crippen LogP contribution in [0.2, 0.25) is 0 Å². The van der Waals surface area contributed by atoms with Crippen molar-refractivity contribution >= 4 is 18.2 Å². The number of carbonyl (C=O) groups excluding carboxylic acids is 2. The molecule has 112 valence electrons. The summed E-state index contributed by atoms with van der Waals surface area (Å²) in [7, 11) is 1.56. The minimum atomic E-state index is -0.642. The summed E-state index contributed by atoms with van der Waals surface area (Å²) >= 11 is 0. The van der Waals surface area contributed by atoms with Crippen LogP contribution in [0.15, 0.2) is 24.3 Å². The third kappa shape index (κ3) is 3.95. The molecule has 7 heteroatoms. The van der Waals surface area contributed by atoms with Gasteiger partial charge in [0, 0.05) is 5.56 Å². The zero-order chi connectivity index (χ0) is 15.2. The number of benzene rings is 1. The summed E-state index contributed by atoms with van der Waals surface area (Å²) in [5.74, 6) is 0.300. The molecular formula is C14H16N2O5. The first kappa shape index (κ1) is 14.8. The molecule has 2 rings (SSSR count). The molecule has 0 spiro atoms. The molecule has 1 aliphatic heterocycles. The van der Waals surface area contributed by atoms with E-state index in [2.05, 4.69) is 4.74 Å². The van der Waals surface area contributed by atoms with E-state index in [1.807, 2.05) is 0 Å². The molecule has 2 amide bonds. The highest BCUT2D eigenvalue weighted by molar-refractivity contribution is 5.93. The van der Waals surface area contributed by atoms with E-state index in [0.29, 0.717) is 16.1 Å². The molecule has 1 aliphatic rings. The van der Waals surface area contributed by atoms with Crippen LogP contribution in [-0.4, -0.2) is 54.7 Å². The van der Waals surface area contributed by atoms with Crippen LogP contribution < -0.4 is 4.74 Å². The number of hydrogen-bond donors (Lipinski definition) is 0. The van der Waals surface area contributed by atoms with Crippen molar-refractivity contribution in [1.82, 2.24) is 4.90 Å². The molecule has 0 bridgehead atoms. The van der Waals surface area contributed by atoms with E-state index in [9.17, 15) is 14.8 Å². The Morgan fingerprint density at radius 2 is 2.19 bits per heavy atom. The van der Waals surface area contributed by atoms with Crippen molar-refractivity contribution in [2.75, 3.05) is 26.8 Å². The van der Waals surface area contributed by atoms with Gasteiger partial charge in [0.05, 0.1) is 20.1 Å². The fourth-order valence-electron chi connectivity index (χ4n) is 1.88. The van der Waals surface area contributed by atoms with Crippen molar-refractivity contribution in [3.63, 3.8) is 0 Å². The first-order valence-electron chi connectivity index (χ1n) is 6.50. The van der Waals surface area contributed by atoms with Gasteiger partial charge in [-0.1, -0.05) is 0 Å². The van der Waals surface area contributed by atoms with E-state index in [1.165, 1.54) is 6.21 Å². The van der Waals surface area contributed by atoms with Crippen molar-refractivity contribution in [3.05, 3.63) is 35.0 Å². The molecule has 1 saturated heterocycles. The fourth-order valence-corrected chi connectivity index (χ4v) is 1.88. The lowest BCUT2D eigenvalue weighted by atomic mass is 10.2. The summed E-state index contributed by atoms with van der Waals surface area (Å²) in [5, 5.41) is 11.7. The van der Waals surface area contributed by atoms with Crippen LogP contribution in [-0.2, 0) is 9.53 Å². The van der Waals surface area contributed by atoms with Gasteiger partial charge in [0.1, 0.15) is 12.4 Å². The molecule has 0 aliphatic carbocycles. The van der Waals surface area contributed by atoms with Gasteiger partial charge in [-0.2, -0.15) is 0 Å². The molecule has 0 saturated carbocycles. The second-order valence-electron chi connectivity index (χ2n) is 4.45. The van der Waals surface area contributed by atoms with E-state index < -0.39 is 12.0 Å². The Morgan fingerprint density at radius 3 is 2.76 bits per heavy atom. The van der Waals surface area contributed by atoms with Crippen molar-refractivity contribution in [2.45, 2.75) is 6.42 Å². The predicted molar refractivity (Wildman–Crippen MR) is 74.3 cm³/mol. The Hall–Kier alpha value is -2.57. The topological polar surface area (TPSA) is 81.9 Å². The van der Waals surface area contributed by atoms with E-state index in [4.69, 9.17) is 4.74 Å². The zero-order valence-electron chi connectivity index (χ0n) is 11.7. The Labute approximate surface area is 122 Å².